The number of thiocarbonyl (C=S) groups is 1. The summed E-state index contributed by atoms with van der Waals surface area (Å²) in [6.07, 6.45) is 3.73. The van der Waals surface area contributed by atoms with Gasteiger partial charge in [-0.2, -0.15) is 5.10 Å². The Labute approximate surface area is 168 Å². The van der Waals surface area contributed by atoms with E-state index in [1.807, 2.05) is 66.9 Å². The minimum Gasteiger partial charge on any atom is -0.497 e. The fourth-order valence-corrected chi connectivity index (χ4v) is 2.79. The number of hydrazone groups is 1. The number of ether oxygens (including phenoxy) is 1. The van der Waals surface area contributed by atoms with E-state index in [2.05, 4.69) is 20.4 Å². The molecule has 0 unspecified atom stereocenters. The Morgan fingerprint density at radius 1 is 1.19 bits per heavy atom. The highest BCUT2D eigenvalue weighted by Crippen LogP contribution is 2.16. The third-order valence-electron chi connectivity index (χ3n) is 3.82. The van der Waals surface area contributed by atoms with Gasteiger partial charge in [0, 0.05) is 29.5 Å². The summed E-state index contributed by atoms with van der Waals surface area (Å²) in [6, 6.07) is 19.3. The lowest BCUT2D eigenvalue weighted by Crippen LogP contribution is -2.24. The number of rotatable bonds is 6. The van der Waals surface area contributed by atoms with Crippen molar-refractivity contribution >= 4 is 40.8 Å². The zero-order valence-electron chi connectivity index (χ0n) is 14.7. The van der Waals surface area contributed by atoms with E-state index < -0.39 is 0 Å². The molecule has 7 heteroatoms. The van der Waals surface area contributed by atoms with Gasteiger partial charge in [0.25, 0.3) is 0 Å². The normalized spacial score (nSPS) is 10.7. The molecule has 0 atom stereocenters. The van der Waals surface area contributed by atoms with Gasteiger partial charge in [-0.15, -0.1) is 0 Å². The second-order valence-electron chi connectivity index (χ2n) is 5.74. The van der Waals surface area contributed by atoms with Crippen LogP contribution in [0.4, 0.5) is 5.69 Å². The number of hydrogen-bond acceptors (Lipinski definition) is 3. The second kappa shape index (κ2) is 9.21. The zero-order valence-corrected chi connectivity index (χ0v) is 16.3. The summed E-state index contributed by atoms with van der Waals surface area (Å²) in [5, 5.41) is 8.41. The Morgan fingerprint density at radius 3 is 2.78 bits per heavy atom. The Morgan fingerprint density at radius 2 is 2.00 bits per heavy atom. The van der Waals surface area contributed by atoms with E-state index in [4.69, 9.17) is 28.6 Å². The summed E-state index contributed by atoms with van der Waals surface area (Å²) < 4.78 is 7.28. The average Bonchev–Trinajstić information content (AvgIpc) is 3.11. The van der Waals surface area contributed by atoms with Gasteiger partial charge < -0.3 is 14.6 Å². The minimum atomic E-state index is 0.398. The average molecular weight is 399 g/mol. The van der Waals surface area contributed by atoms with Crippen molar-refractivity contribution < 1.29 is 4.74 Å². The topological polar surface area (TPSA) is 50.6 Å². The van der Waals surface area contributed by atoms with Crippen LogP contribution < -0.4 is 15.5 Å². The van der Waals surface area contributed by atoms with Gasteiger partial charge in [0.1, 0.15) is 5.75 Å². The molecule has 0 amide bonds. The van der Waals surface area contributed by atoms with Gasteiger partial charge in [-0.3, -0.25) is 5.43 Å². The maximum atomic E-state index is 5.94. The van der Waals surface area contributed by atoms with Crippen molar-refractivity contribution in [2.75, 3.05) is 12.4 Å². The summed E-state index contributed by atoms with van der Waals surface area (Å²) in [5.41, 5.74) is 5.77. The van der Waals surface area contributed by atoms with Crippen LogP contribution >= 0.6 is 23.8 Å². The maximum absolute atomic E-state index is 5.94. The van der Waals surface area contributed by atoms with Crippen LogP contribution in [0.15, 0.2) is 72.0 Å². The lowest BCUT2D eigenvalue weighted by Gasteiger charge is -2.09. The Kier molecular flexibility index (Phi) is 6.46. The molecule has 138 valence electrons. The van der Waals surface area contributed by atoms with Crippen molar-refractivity contribution in [2.24, 2.45) is 5.10 Å². The summed E-state index contributed by atoms with van der Waals surface area (Å²) >= 11 is 11.2. The number of benzene rings is 2. The van der Waals surface area contributed by atoms with Gasteiger partial charge >= 0.3 is 0 Å². The van der Waals surface area contributed by atoms with Gasteiger partial charge in [-0.25, -0.2) is 0 Å². The number of halogens is 1. The maximum Gasteiger partial charge on any atom is 0.191 e. The third kappa shape index (κ3) is 5.57. The van der Waals surface area contributed by atoms with E-state index in [0.29, 0.717) is 5.11 Å². The molecule has 0 radical (unpaired) electrons. The molecule has 0 saturated carbocycles. The smallest absolute Gasteiger partial charge is 0.191 e. The van der Waals surface area contributed by atoms with Crippen molar-refractivity contribution in [3.63, 3.8) is 0 Å². The highest BCUT2D eigenvalue weighted by molar-refractivity contribution is 7.80. The molecule has 1 heterocycles. The van der Waals surface area contributed by atoms with E-state index in [1.165, 1.54) is 0 Å². The summed E-state index contributed by atoms with van der Waals surface area (Å²) in [7, 11) is 1.62. The number of nitrogens with zero attached hydrogens (tertiary/aromatic N) is 2. The van der Waals surface area contributed by atoms with Gasteiger partial charge in [0.05, 0.1) is 19.0 Å². The van der Waals surface area contributed by atoms with Crippen LogP contribution in [0.1, 0.15) is 11.3 Å². The van der Waals surface area contributed by atoms with E-state index in [-0.39, 0.29) is 0 Å². The fourth-order valence-electron chi connectivity index (χ4n) is 2.49. The van der Waals surface area contributed by atoms with Crippen molar-refractivity contribution in [1.29, 1.82) is 0 Å². The highest BCUT2D eigenvalue weighted by Gasteiger charge is 2.01. The first-order valence-corrected chi connectivity index (χ1v) is 9.06. The molecule has 0 aliphatic heterocycles. The van der Waals surface area contributed by atoms with Crippen LogP contribution in [-0.4, -0.2) is 23.0 Å². The molecule has 0 saturated heterocycles. The van der Waals surface area contributed by atoms with E-state index in [1.54, 1.807) is 13.3 Å². The SMILES string of the molecule is COc1cccc(NC(=S)N/N=C/c2cccn2Cc2ccc(Cl)cc2)c1. The molecule has 2 aromatic carbocycles. The van der Waals surface area contributed by atoms with Crippen LogP contribution in [0.5, 0.6) is 5.75 Å². The third-order valence-corrected chi connectivity index (χ3v) is 4.27. The molecule has 27 heavy (non-hydrogen) atoms. The monoisotopic (exact) mass is 398 g/mol. The molecule has 2 N–H and O–H groups in total. The standard InChI is InChI=1S/C20H19ClN4OS/c1-26-19-6-2-4-17(12-19)23-20(27)24-22-13-18-5-3-11-25(18)14-15-7-9-16(21)10-8-15/h2-13H,14H2,1H3,(H2,23,24,27)/b22-13+. The molecular formula is C20H19ClN4OS. The molecule has 5 nitrogen and oxygen atoms in total. The van der Waals surface area contributed by atoms with Gasteiger partial charge in [0.15, 0.2) is 5.11 Å². The van der Waals surface area contributed by atoms with E-state index in [0.717, 1.165) is 34.3 Å². The molecule has 0 spiro atoms. The van der Waals surface area contributed by atoms with Crippen molar-refractivity contribution in [2.45, 2.75) is 6.54 Å². The predicted molar refractivity (Wildman–Crippen MR) is 115 cm³/mol. The number of aromatic nitrogens is 1. The van der Waals surface area contributed by atoms with Crippen LogP contribution in [0, 0.1) is 0 Å². The predicted octanol–water partition coefficient (Wildman–Crippen LogP) is 4.52. The quantitative estimate of drug-likeness (QED) is 0.364. The van der Waals surface area contributed by atoms with Gasteiger partial charge in [-0.1, -0.05) is 29.8 Å². The van der Waals surface area contributed by atoms with Crippen LogP contribution in [0.25, 0.3) is 0 Å². The number of nitrogens with one attached hydrogen (secondary N) is 2. The van der Waals surface area contributed by atoms with Crippen LogP contribution in [-0.2, 0) is 6.54 Å². The lowest BCUT2D eigenvalue weighted by molar-refractivity contribution is 0.415. The largest absolute Gasteiger partial charge is 0.497 e. The first-order chi connectivity index (χ1) is 13.1. The Bertz CT molecular complexity index is 937. The first kappa shape index (κ1) is 18.9. The molecular weight excluding hydrogens is 380 g/mol. The lowest BCUT2D eigenvalue weighted by atomic mass is 10.2. The van der Waals surface area contributed by atoms with Gasteiger partial charge in [-0.05, 0) is 54.2 Å². The van der Waals surface area contributed by atoms with E-state index >= 15 is 0 Å². The summed E-state index contributed by atoms with van der Waals surface area (Å²) in [5.74, 6) is 0.756. The van der Waals surface area contributed by atoms with Gasteiger partial charge in [0.2, 0.25) is 0 Å². The molecule has 0 fully saturated rings. The Hall–Kier alpha value is -2.83. The minimum absolute atomic E-state index is 0.398. The van der Waals surface area contributed by atoms with Crippen molar-refractivity contribution in [3.05, 3.63) is 83.1 Å². The molecule has 0 aliphatic carbocycles. The molecule has 0 aliphatic rings. The van der Waals surface area contributed by atoms with E-state index in [9.17, 15) is 0 Å². The zero-order chi connectivity index (χ0) is 19.1. The Balaban J connectivity index is 1.57. The fraction of sp³-hybridized carbons (Fsp3) is 0.100. The molecule has 0 bridgehead atoms. The second-order valence-corrected chi connectivity index (χ2v) is 6.59. The molecule has 3 aromatic rings. The van der Waals surface area contributed by atoms with Crippen LogP contribution in [0.2, 0.25) is 5.02 Å². The van der Waals surface area contributed by atoms with Crippen molar-refractivity contribution in [3.8, 4) is 5.75 Å². The van der Waals surface area contributed by atoms with Crippen LogP contribution in [0.3, 0.4) is 0 Å². The highest BCUT2D eigenvalue weighted by atomic mass is 35.5. The number of anilines is 1. The van der Waals surface area contributed by atoms with Crippen molar-refractivity contribution in [1.82, 2.24) is 9.99 Å². The molecule has 1 aromatic heterocycles. The molecule has 3 rings (SSSR count). The summed E-state index contributed by atoms with van der Waals surface area (Å²) in [4.78, 5) is 0. The summed E-state index contributed by atoms with van der Waals surface area (Å²) in [6.45, 7) is 0.734. The number of hydrogen-bond donors (Lipinski definition) is 2. The number of methoxy groups -OCH3 is 1. The first-order valence-electron chi connectivity index (χ1n) is 8.28.